The number of benzene rings is 2. The number of likely N-dealkylation sites (N-methyl/N-ethyl adjacent to an activating group) is 1. The van der Waals surface area contributed by atoms with Crippen molar-refractivity contribution in [3.8, 4) is 0 Å². The van der Waals surface area contributed by atoms with Gasteiger partial charge in [0.15, 0.2) is 0 Å². The summed E-state index contributed by atoms with van der Waals surface area (Å²) in [7, 11) is -4.13. The third-order valence-corrected chi connectivity index (χ3v) is 6.59. The number of carbonyl (C=O) groups is 2. The van der Waals surface area contributed by atoms with E-state index in [1.165, 1.54) is 17.9 Å². The van der Waals surface area contributed by atoms with Crippen molar-refractivity contribution in [2.24, 2.45) is 0 Å². The van der Waals surface area contributed by atoms with Gasteiger partial charge in [-0.25, -0.2) is 8.42 Å². The Morgan fingerprint density at radius 1 is 1.12 bits per heavy atom. The van der Waals surface area contributed by atoms with Crippen molar-refractivity contribution in [2.45, 2.75) is 32.6 Å². The van der Waals surface area contributed by atoms with Crippen LogP contribution < -0.4 is 9.62 Å². The van der Waals surface area contributed by atoms with Gasteiger partial charge in [-0.15, -0.1) is 0 Å². The molecule has 1 atom stereocenters. The summed E-state index contributed by atoms with van der Waals surface area (Å²) < 4.78 is 65.8. The zero-order valence-electron chi connectivity index (χ0n) is 18.8. The lowest BCUT2D eigenvalue weighted by molar-refractivity contribution is -0.139. The Bertz CT molecular complexity index is 1120. The maximum Gasteiger partial charge on any atom is 0.416 e. The van der Waals surface area contributed by atoms with Crippen LogP contribution in [0.1, 0.15) is 25.0 Å². The zero-order chi connectivity index (χ0) is 25.7. The fourth-order valence-electron chi connectivity index (χ4n) is 3.14. The van der Waals surface area contributed by atoms with E-state index < -0.39 is 46.2 Å². The highest BCUT2D eigenvalue weighted by atomic mass is 79.9. The van der Waals surface area contributed by atoms with Crippen LogP contribution in [0.4, 0.5) is 18.9 Å². The van der Waals surface area contributed by atoms with E-state index in [2.05, 4.69) is 21.2 Å². The quantitative estimate of drug-likeness (QED) is 0.503. The Kier molecular flexibility index (Phi) is 9.12. The van der Waals surface area contributed by atoms with E-state index in [9.17, 15) is 31.2 Å². The summed E-state index contributed by atoms with van der Waals surface area (Å²) in [5.41, 5.74) is -0.675. The molecule has 186 valence electrons. The van der Waals surface area contributed by atoms with Crippen molar-refractivity contribution in [1.29, 1.82) is 0 Å². The van der Waals surface area contributed by atoms with Crippen LogP contribution in [-0.4, -0.2) is 50.5 Å². The number of amides is 2. The molecule has 0 aliphatic carbocycles. The molecule has 0 heterocycles. The average Bonchev–Trinajstić information content (AvgIpc) is 2.75. The van der Waals surface area contributed by atoms with Crippen molar-refractivity contribution in [3.63, 3.8) is 0 Å². The summed E-state index contributed by atoms with van der Waals surface area (Å²) in [4.78, 5) is 27.0. The molecular weight excluding hydrogens is 539 g/mol. The predicted octanol–water partition coefficient (Wildman–Crippen LogP) is 3.79. The van der Waals surface area contributed by atoms with E-state index in [0.29, 0.717) is 22.5 Å². The molecule has 2 amide bonds. The second kappa shape index (κ2) is 11.2. The normalized spacial score (nSPS) is 12.7. The molecule has 0 fully saturated rings. The summed E-state index contributed by atoms with van der Waals surface area (Å²) in [6.07, 6.45) is -3.89. The van der Waals surface area contributed by atoms with Gasteiger partial charge < -0.3 is 10.2 Å². The third kappa shape index (κ3) is 7.45. The van der Waals surface area contributed by atoms with Crippen LogP contribution in [-0.2, 0) is 32.3 Å². The van der Waals surface area contributed by atoms with Crippen LogP contribution in [0, 0.1) is 0 Å². The summed E-state index contributed by atoms with van der Waals surface area (Å²) in [5, 5.41) is 2.62. The molecule has 34 heavy (non-hydrogen) atoms. The lowest BCUT2D eigenvalue weighted by atomic mass is 10.1. The van der Waals surface area contributed by atoms with Crippen LogP contribution in [0.2, 0.25) is 0 Å². The molecule has 0 spiro atoms. The summed E-state index contributed by atoms with van der Waals surface area (Å²) in [5.74, 6) is -1.19. The topological polar surface area (TPSA) is 86.8 Å². The molecule has 0 aromatic heterocycles. The van der Waals surface area contributed by atoms with Crippen molar-refractivity contribution in [3.05, 3.63) is 64.1 Å². The summed E-state index contributed by atoms with van der Waals surface area (Å²) in [6, 6.07) is 9.72. The smallest absolute Gasteiger partial charge is 0.355 e. The zero-order valence-corrected chi connectivity index (χ0v) is 21.2. The minimum absolute atomic E-state index is 0.00932. The van der Waals surface area contributed by atoms with E-state index in [0.717, 1.165) is 22.9 Å². The Labute approximate surface area is 205 Å². The fraction of sp³-hybridized carbons (Fsp3) is 0.364. The van der Waals surface area contributed by atoms with Gasteiger partial charge in [-0.1, -0.05) is 34.1 Å². The van der Waals surface area contributed by atoms with Gasteiger partial charge in [0.05, 0.1) is 17.5 Å². The number of rotatable bonds is 9. The van der Waals surface area contributed by atoms with Gasteiger partial charge >= 0.3 is 6.18 Å². The molecule has 0 aliphatic rings. The SMILES string of the molecule is CCNC(=O)[C@@H](C)N(Cc1ccc(Br)cc1)C(=O)CN(c1cccc(C(F)(F)F)c1)S(C)(=O)=O. The number of sulfonamides is 1. The number of carbonyl (C=O) groups excluding carboxylic acids is 2. The molecule has 1 N–H and O–H groups in total. The molecular formula is C22H25BrF3N3O4S. The molecule has 12 heteroatoms. The van der Waals surface area contributed by atoms with Gasteiger partial charge in [0, 0.05) is 17.6 Å². The van der Waals surface area contributed by atoms with E-state index in [4.69, 9.17) is 0 Å². The first-order valence-corrected chi connectivity index (χ1v) is 12.8. The molecule has 7 nitrogen and oxygen atoms in total. The number of hydrogen-bond donors (Lipinski definition) is 1. The monoisotopic (exact) mass is 563 g/mol. The second-order valence-corrected chi connectivity index (χ2v) is 10.4. The predicted molar refractivity (Wildman–Crippen MR) is 126 cm³/mol. The highest BCUT2D eigenvalue weighted by molar-refractivity contribution is 9.10. The maximum absolute atomic E-state index is 13.3. The fourth-order valence-corrected chi connectivity index (χ4v) is 4.25. The molecule has 0 radical (unpaired) electrons. The largest absolute Gasteiger partial charge is 0.416 e. The van der Waals surface area contributed by atoms with Gasteiger partial charge in [-0.3, -0.25) is 13.9 Å². The standard InChI is InChI=1S/C22H25BrF3N3O4S/c1-4-27-21(31)15(2)28(13-16-8-10-18(23)11-9-16)20(30)14-29(34(3,32)33)19-7-5-6-17(12-19)22(24,25)26/h5-12,15H,4,13-14H2,1-3H3,(H,27,31)/t15-/m1/s1. The van der Waals surface area contributed by atoms with E-state index in [1.54, 1.807) is 31.2 Å². The molecule has 0 unspecified atom stereocenters. The van der Waals surface area contributed by atoms with Gasteiger partial charge in [0.25, 0.3) is 0 Å². The molecule has 2 aromatic carbocycles. The van der Waals surface area contributed by atoms with Crippen LogP contribution in [0.15, 0.2) is 53.0 Å². The summed E-state index contributed by atoms with van der Waals surface area (Å²) >= 11 is 3.32. The summed E-state index contributed by atoms with van der Waals surface area (Å²) in [6.45, 7) is 2.75. The number of alkyl halides is 3. The Morgan fingerprint density at radius 3 is 2.26 bits per heavy atom. The minimum atomic E-state index is -4.69. The minimum Gasteiger partial charge on any atom is -0.355 e. The maximum atomic E-state index is 13.3. The molecule has 2 rings (SSSR count). The average molecular weight is 564 g/mol. The molecule has 0 saturated carbocycles. The van der Waals surface area contributed by atoms with Gasteiger partial charge in [-0.2, -0.15) is 13.2 Å². The highest BCUT2D eigenvalue weighted by Crippen LogP contribution is 2.32. The van der Waals surface area contributed by atoms with Crippen LogP contribution >= 0.6 is 15.9 Å². The lowest BCUT2D eigenvalue weighted by Gasteiger charge is -2.31. The first kappa shape index (κ1) is 27.6. The van der Waals surface area contributed by atoms with E-state index in [1.807, 2.05) is 0 Å². The van der Waals surface area contributed by atoms with E-state index in [-0.39, 0.29) is 12.2 Å². The first-order chi connectivity index (χ1) is 15.7. The second-order valence-electron chi connectivity index (χ2n) is 7.54. The number of hydrogen-bond acceptors (Lipinski definition) is 4. The van der Waals surface area contributed by atoms with Crippen molar-refractivity contribution >= 4 is 43.5 Å². The Hall–Kier alpha value is -2.60. The number of nitrogens with zero attached hydrogens (tertiary/aromatic N) is 2. The Morgan fingerprint density at radius 2 is 1.74 bits per heavy atom. The van der Waals surface area contributed by atoms with Gasteiger partial charge in [0.2, 0.25) is 21.8 Å². The first-order valence-electron chi connectivity index (χ1n) is 10.2. The molecule has 0 aliphatic heterocycles. The third-order valence-electron chi connectivity index (χ3n) is 4.93. The van der Waals surface area contributed by atoms with Crippen LogP contribution in [0.5, 0.6) is 0 Å². The molecule has 0 bridgehead atoms. The van der Waals surface area contributed by atoms with Crippen molar-refractivity contribution in [1.82, 2.24) is 10.2 Å². The van der Waals surface area contributed by atoms with Crippen molar-refractivity contribution < 1.29 is 31.2 Å². The number of halogens is 4. The van der Waals surface area contributed by atoms with Gasteiger partial charge in [0.1, 0.15) is 12.6 Å². The number of anilines is 1. The van der Waals surface area contributed by atoms with Crippen LogP contribution in [0.3, 0.4) is 0 Å². The van der Waals surface area contributed by atoms with E-state index >= 15 is 0 Å². The lowest BCUT2D eigenvalue weighted by Crippen LogP contribution is -2.51. The Balaban J connectivity index is 2.42. The molecule has 0 saturated heterocycles. The highest BCUT2D eigenvalue weighted by Gasteiger charge is 2.33. The van der Waals surface area contributed by atoms with Gasteiger partial charge in [-0.05, 0) is 49.7 Å². The number of nitrogens with one attached hydrogen (secondary N) is 1. The van der Waals surface area contributed by atoms with Crippen LogP contribution in [0.25, 0.3) is 0 Å². The van der Waals surface area contributed by atoms with Crippen molar-refractivity contribution in [2.75, 3.05) is 23.7 Å². The molecule has 2 aromatic rings.